The van der Waals surface area contributed by atoms with Gasteiger partial charge in [-0.2, -0.15) is 0 Å². The van der Waals surface area contributed by atoms with Crippen LogP contribution < -0.4 is 20.1 Å². The van der Waals surface area contributed by atoms with Gasteiger partial charge >= 0.3 is 0 Å². The van der Waals surface area contributed by atoms with E-state index in [0.717, 1.165) is 36.2 Å². The van der Waals surface area contributed by atoms with Crippen LogP contribution in [0.1, 0.15) is 54.0 Å². The number of hydrogen-bond acceptors (Lipinski definition) is 5. The Balaban J connectivity index is 1.25. The predicted molar refractivity (Wildman–Crippen MR) is 121 cm³/mol. The number of hydrogen-bond donors (Lipinski definition) is 1. The van der Waals surface area contributed by atoms with Crippen molar-refractivity contribution in [3.8, 4) is 11.5 Å². The first kappa shape index (κ1) is 20.2. The number of anilines is 1. The van der Waals surface area contributed by atoms with Crippen molar-refractivity contribution < 1.29 is 14.3 Å². The molecule has 164 valence electrons. The second-order valence-electron chi connectivity index (χ2n) is 9.22. The van der Waals surface area contributed by atoms with Gasteiger partial charge in [-0.3, -0.25) is 4.79 Å². The number of amides is 1. The minimum Gasteiger partial charge on any atom is -0.447 e. The molecule has 3 aliphatic heterocycles. The molecular weight excluding hydrogens is 390 g/mol. The summed E-state index contributed by atoms with van der Waals surface area (Å²) in [6, 6.07) is 12.3. The molecule has 0 radical (unpaired) electrons. The number of primary amides is 1. The quantitative estimate of drug-likeness (QED) is 0.794. The Morgan fingerprint density at radius 3 is 2.68 bits per heavy atom. The predicted octanol–water partition coefficient (Wildman–Crippen LogP) is 3.87. The summed E-state index contributed by atoms with van der Waals surface area (Å²) in [6.07, 6.45) is 3.44. The van der Waals surface area contributed by atoms with Crippen molar-refractivity contribution in [3.05, 3.63) is 53.1 Å². The highest BCUT2D eigenvalue weighted by Crippen LogP contribution is 2.42. The van der Waals surface area contributed by atoms with Gasteiger partial charge in [-0.25, -0.2) is 0 Å². The number of benzene rings is 2. The van der Waals surface area contributed by atoms with Crippen LogP contribution in [-0.2, 0) is 0 Å². The number of fused-ring (bicyclic) bond motifs is 1. The van der Waals surface area contributed by atoms with Crippen molar-refractivity contribution in [3.63, 3.8) is 0 Å². The molecule has 3 atom stereocenters. The summed E-state index contributed by atoms with van der Waals surface area (Å²) >= 11 is 0. The molecule has 3 heterocycles. The van der Waals surface area contributed by atoms with Gasteiger partial charge in [0, 0.05) is 42.5 Å². The molecule has 2 saturated heterocycles. The molecule has 0 bridgehead atoms. The summed E-state index contributed by atoms with van der Waals surface area (Å²) in [5.74, 6) is 1.47. The zero-order chi connectivity index (χ0) is 21.5. The molecule has 2 aromatic carbocycles. The van der Waals surface area contributed by atoms with Crippen molar-refractivity contribution in [1.29, 1.82) is 0 Å². The minimum absolute atomic E-state index is 0.419. The fourth-order valence-electron chi connectivity index (χ4n) is 5.17. The van der Waals surface area contributed by atoms with Crippen molar-refractivity contribution in [2.24, 2.45) is 11.7 Å². The van der Waals surface area contributed by atoms with E-state index in [1.807, 2.05) is 0 Å². The highest BCUT2D eigenvalue weighted by Gasteiger charge is 2.30. The van der Waals surface area contributed by atoms with E-state index >= 15 is 0 Å². The van der Waals surface area contributed by atoms with Gasteiger partial charge in [0.1, 0.15) is 0 Å². The maximum atomic E-state index is 11.4. The summed E-state index contributed by atoms with van der Waals surface area (Å²) in [5, 5.41) is 0. The molecule has 0 saturated carbocycles. The number of carbonyl (C=O) groups excluding carboxylic acids is 1. The smallest absolute Gasteiger partial charge is 0.268 e. The monoisotopic (exact) mass is 421 g/mol. The van der Waals surface area contributed by atoms with E-state index < -0.39 is 12.2 Å². The van der Waals surface area contributed by atoms with Gasteiger partial charge in [-0.15, -0.1) is 0 Å². The molecule has 2 N–H and O–H groups in total. The van der Waals surface area contributed by atoms with Crippen molar-refractivity contribution in [1.82, 2.24) is 4.90 Å². The Labute approximate surface area is 183 Å². The zero-order valence-corrected chi connectivity index (χ0v) is 18.3. The van der Waals surface area contributed by atoms with Crippen molar-refractivity contribution in [2.45, 2.75) is 45.4 Å². The largest absolute Gasteiger partial charge is 0.447 e. The van der Waals surface area contributed by atoms with Crippen LogP contribution >= 0.6 is 0 Å². The molecule has 2 fully saturated rings. The Kier molecular flexibility index (Phi) is 5.26. The highest BCUT2D eigenvalue weighted by molar-refractivity contribution is 5.93. The first-order chi connectivity index (χ1) is 15.0. The van der Waals surface area contributed by atoms with E-state index in [4.69, 9.17) is 15.2 Å². The third kappa shape index (κ3) is 3.97. The van der Waals surface area contributed by atoms with Gasteiger partial charge in [0.15, 0.2) is 11.5 Å². The van der Waals surface area contributed by atoms with Gasteiger partial charge in [0.25, 0.3) is 6.29 Å². The second kappa shape index (κ2) is 8.08. The summed E-state index contributed by atoms with van der Waals surface area (Å²) in [7, 11) is 0. The lowest BCUT2D eigenvalue weighted by Crippen LogP contribution is -2.33. The lowest BCUT2D eigenvalue weighted by atomic mass is 10.1. The zero-order valence-electron chi connectivity index (χ0n) is 18.3. The Bertz CT molecular complexity index is 992. The highest BCUT2D eigenvalue weighted by atomic mass is 16.7. The van der Waals surface area contributed by atoms with Crippen LogP contribution in [0.2, 0.25) is 0 Å². The van der Waals surface area contributed by atoms with E-state index in [1.165, 1.54) is 38.0 Å². The SMILES string of the molecule is Cc1cc(N2CCC(CN3CCCC3C)C2)ccc1C1Oc2ccc(C(N)=O)cc2O1. The number of likely N-dealkylation sites (tertiary alicyclic amines) is 1. The summed E-state index contributed by atoms with van der Waals surface area (Å²) < 4.78 is 12.0. The van der Waals surface area contributed by atoms with Crippen molar-refractivity contribution in [2.75, 3.05) is 31.1 Å². The Morgan fingerprint density at radius 2 is 1.94 bits per heavy atom. The lowest BCUT2D eigenvalue weighted by Gasteiger charge is -2.25. The molecule has 1 amide bonds. The number of aryl methyl sites for hydroxylation is 1. The summed E-state index contributed by atoms with van der Waals surface area (Å²) in [5.41, 5.74) is 9.20. The van der Waals surface area contributed by atoms with E-state index in [2.05, 4.69) is 41.8 Å². The number of ether oxygens (including phenoxy) is 2. The number of carbonyl (C=O) groups is 1. The van der Waals surface area contributed by atoms with E-state index in [-0.39, 0.29) is 0 Å². The molecule has 5 rings (SSSR count). The fourth-order valence-corrected chi connectivity index (χ4v) is 5.17. The molecular formula is C25H31N3O3. The van der Waals surface area contributed by atoms with Gasteiger partial charge in [0.2, 0.25) is 5.91 Å². The third-order valence-electron chi connectivity index (χ3n) is 7.04. The van der Waals surface area contributed by atoms with Gasteiger partial charge in [0.05, 0.1) is 0 Å². The summed E-state index contributed by atoms with van der Waals surface area (Å²) in [6.45, 7) is 9.19. The maximum absolute atomic E-state index is 11.4. The third-order valence-corrected chi connectivity index (χ3v) is 7.04. The molecule has 6 nitrogen and oxygen atoms in total. The van der Waals surface area contributed by atoms with E-state index in [0.29, 0.717) is 17.1 Å². The number of nitrogens with zero attached hydrogens (tertiary/aromatic N) is 2. The normalized spacial score (nSPS) is 25.4. The minimum atomic E-state index is -0.504. The Hall–Kier alpha value is -2.73. The average molecular weight is 422 g/mol. The molecule has 0 aromatic heterocycles. The topological polar surface area (TPSA) is 68.0 Å². The van der Waals surface area contributed by atoms with Crippen LogP contribution in [0.25, 0.3) is 0 Å². The molecule has 3 unspecified atom stereocenters. The van der Waals surface area contributed by atoms with Crippen LogP contribution in [0.3, 0.4) is 0 Å². The summed E-state index contributed by atoms with van der Waals surface area (Å²) in [4.78, 5) is 16.6. The van der Waals surface area contributed by atoms with Gasteiger partial charge in [-0.1, -0.05) is 0 Å². The number of nitrogens with two attached hydrogens (primary N) is 1. The van der Waals surface area contributed by atoms with E-state index in [1.54, 1.807) is 18.2 Å². The maximum Gasteiger partial charge on any atom is 0.268 e. The molecule has 2 aromatic rings. The van der Waals surface area contributed by atoms with Crippen LogP contribution in [0.15, 0.2) is 36.4 Å². The number of rotatable bonds is 5. The molecule has 0 aliphatic carbocycles. The Morgan fingerprint density at radius 1 is 1.10 bits per heavy atom. The van der Waals surface area contributed by atoms with Crippen LogP contribution in [0.4, 0.5) is 5.69 Å². The lowest BCUT2D eigenvalue weighted by molar-refractivity contribution is 0.0481. The van der Waals surface area contributed by atoms with Crippen LogP contribution in [0.5, 0.6) is 11.5 Å². The molecule has 0 spiro atoms. The van der Waals surface area contributed by atoms with Gasteiger partial charge in [-0.05, 0) is 87.5 Å². The first-order valence-corrected chi connectivity index (χ1v) is 11.3. The molecule has 31 heavy (non-hydrogen) atoms. The standard InChI is InChI=1S/C25H31N3O3/c1-16-12-20(28-11-9-18(15-28)14-27-10-3-4-17(27)2)6-7-21(16)25-30-22-8-5-19(24(26)29)13-23(22)31-25/h5-8,12-13,17-18,25H,3-4,9-11,14-15H2,1-2H3,(H2,26,29). The van der Waals surface area contributed by atoms with Crippen molar-refractivity contribution >= 4 is 11.6 Å². The van der Waals surface area contributed by atoms with Crippen LogP contribution in [-0.4, -0.2) is 43.0 Å². The fraction of sp³-hybridized carbons (Fsp3) is 0.480. The second-order valence-corrected chi connectivity index (χ2v) is 9.22. The van der Waals surface area contributed by atoms with E-state index in [9.17, 15) is 4.79 Å². The molecule has 6 heteroatoms. The van der Waals surface area contributed by atoms with Gasteiger partial charge < -0.3 is 25.0 Å². The first-order valence-electron chi connectivity index (χ1n) is 11.3. The molecule has 3 aliphatic rings. The van der Waals surface area contributed by atoms with Crippen LogP contribution in [0, 0.1) is 12.8 Å². The average Bonchev–Trinajstić information content (AvgIpc) is 3.48.